The summed E-state index contributed by atoms with van der Waals surface area (Å²) in [5.74, 6) is 0.434. The lowest BCUT2D eigenvalue weighted by atomic mass is 10.2. The first-order valence-corrected chi connectivity index (χ1v) is 8.72. The van der Waals surface area contributed by atoms with Crippen LogP contribution in [0.25, 0.3) is 16.7 Å². The molecule has 1 aromatic carbocycles. The number of carbonyl (C=O) groups is 1. The fourth-order valence-corrected chi connectivity index (χ4v) is 2.86. The van der Waals surface area contributed by atoms with Crippen molar-refractivity contribution in [2.45, 2.75) is 19.5 Å². The van der Waals surface area contributed by atoms with E-state index in [-0.39, 0.29) is 24.4 Å². The number of hydrogen-bond donors (Lipinski definition) is 1. The predicted molar refractivity (Wildman–Crippen MR) is 102 cm³/mol. The molecule has 0 bridgehead atoms. The lowest BCUT2D eigenvalue weighted by Gasteiger charge is -2.10. The Labute approximate surface area is 159 Å². The number of carbonyl (C=O) groups excluding carboxylic acids is 1. The summed E-state index contributed by atoms with van der Waals surface area (Å²) in [6.45, 7) is 0.554. The Morgan fingerprint density at radius 1 is 1.07 bits per heavy atom. The van der Waals surface area contributed by atoms with Crippen LogP contribution in [0.1, 0.15) is 12.0 Å². The van der Waals surface area contributed by atoms with Crippen molar-refractivity contribution in [1.29, 1.82) is 0 Å². The van der Waals surface area contributed by atoms with Crippen LogP contribution in [0.4, 0.5) is 0 Å². The molecule has 0 saturated carbocycles. The van der Waals surface area contributed by atoms with E-state index in [1.54, 1.807) is 41.5 Å². The van der Waals surface area contributed by atoms with E-state index in [2.05, 4.69) is 25.4 Å². The zero-order valence-electron chi connectivity index (χ0n) is 14.9. The van der Waals surface area contributed by atoms with Crippen molar-refractivity contribution in [1.82, 2.24) is 34.6 Å². The molecule has 3 aromatic heterocycles. The van der Waals surface area contributed by atoms with Crippen molar-refractivity contribution in [2.24, 2.45) is 0 Å². The highest BCUT2D eigenvalue weighted by Crippen LogP contribution is 2.09. The lowest BCUT2D eigenvalue weighted by Crippen LogP contribution is -2.27. The highest BCUT2D eigenvalue weighted by atomic mass is 16.1. The van der Waals surface area contributed by atoms with Crippen LogP contribution in [0.5, 0.6) is 0 Å². The fraction of sp³-hybridized carbons (Fsp3) is 0.158. The Bertz CT molecular complexity index is 1170. The van der Waals surface area contributed by atoms with Crippen molar-refractivity contribution < 1.29 is 4.79 Å². The standard InChI is InChI=1S/C19H17N7O2/c27-17(7-9-25-13-23-16-6-2-1-5-15(16)19(25)28)22-10-14-4-3-8-21-18(14)26-12-20-11-24-26/h1-6,8,11-13H,7,9-10H2,(H,22,27). The second-order valence-electron chi connectivity index (χ2n) is 6.11. The number of amides is 1. The van der Waals surface area contributed by atoms with Gasteiger partial charge >= 0.3 is 0 Å². The van der Waals surface area contributed by atoms with Crippen molar-refractivity contribution in [3.8, 4) is 5.82 Å². The largest absolute Gasteiger partial charge is 0.352 e. The molecule has 0 unspecified atom stereocenters. The first kappa shape index (κ1) is 17.5. The smallest absolute Gasteiger partial charge is 0.261 e. The molecule has 1 N–H and O–H groups in total. The number of nitrogens with one attached hydrogen (secondary N) is 1. The van der Waals surface area contributed by atoms with Crippen LogP contribution in [0.2, 0.25) is 0 Å². The molecule has 140 valence electrons. The molecule has 0 fully saturated rings. The molecule has 9 nitrogen and oxygen atoms in total. The zero-order valence-corrected chi connectivity index (χ0v) is 14.9. The minimum absolute atomic E-state index is 0.154. The van der Waals surface area contributed by atoms with Crippen LogP contribution in [0, 0.1) is 0 Å². The third kappa shape index (κ3) is 3.63. The van der Waals surface area contributed by atoms with Crippen LogP contribution in [0.15, 0.2) is 66.4 Å². The van der Waals surface area contributed by atoms with E-state index >= 15 is 0 Å². The molecule has 4 aromatic rings. The van der Waals surface area contributed by atoms with Gasteiger partial charge in [-0.2, -0.15) is 5.10 Å². The second-order valence-corrected chi connectivity index (χ2v) is 6.11. The molecular weight excluding hydrogens is 358 g/mol. The fourth-order valence-electron chi connectivity index (χ4n) is 2.86. The molecule has 28 heavy (non-hydrogen) atoms. The number of aryl methyl sites for hydroxylation is 1. The molecule has 3 heterocycles. The monoisotopic (exact) mass is 375 g/mol. The Balaban J connectivity index is 1.40. The zero-order chi connectivity index (χ0) is 19.3. The normalized spacial score (nSPS) is 10.9. The van der Waals surface area contributed by atoms with Crippen LogP contribution in [-0.2, 0) is 17.9 Å². The van der Waals surface area contributed by atoms with Gasteiger partial charge in [0.25, 0.3) is 5.56 Å². The number of benzene rings is 1. The van der Waals surface area contributed by atoms with Crippen molar-refractivity contribution >= 4 is 16.8 Å². The number of nitrogens with zero attached hydrogens (tertiary/aromatic N) is 6. The van der Waals surface area contributed by atoms with Gasteiger partial charge in [-0.25, -0.2) is 19.6 Å². The SMILES string of the molecule is O=C(CCn1cnc2ccccc2c1=O)NCc1cccnc1-n1cncn1. The Kier molecular flexibility index (Phi) is 4.87. The molecule has 0 aliphatic heterocycles. The second kappa shape index (κ2) is 7.78. The summed E-state index contributed by atoms with van der Waals surface area (Å²) in [6.07, 6.45) is 6.27. The van der Waals surface area contributed by atoms with E-state index in [9.17, 15) is 9.59 Å². The lowest BCUT2D eigenvalue weighted by molar-refractivity contribution is -0.121. The highest BCUT2D eigenvalue weighted by Gasteiger charge is 2.09. The molecule has 9 heteroatoms. The molecule has 0 spiro atoms. The summed E-state index contributed by atoms with van der Waals surface area (Å²) in [7, 11) is 0. The number of para-hydroxylation sites is 1. The van der Waals surface area contributed by atoms with Crippen LogP contribution in [-0.4, -0.2) is 35.2 Å². The summed E-state index contributed by atoms with van der Waals surface area (Å²) < 4.78 is 2.99. The van der Waals surface area contributed by atoms with Crippen molar-refractivity contribution in [3.05, 3.63) is 77.5 Å². The number of aromatic nitrogens is 6. The van der Waals surface area contributed by atoms with Gasteiger partial charge in [-0.15, -0.1) is 0 Å². The number of rotatable bonds is 6. The van der Waals surface area contributed by atoms with E-state index in [0.29, 0.717) is 23.3 Å². The summed E-state index contributed by atoms with van der Waals surface area (Å²) in [4.78, 5) is 37.2. The average Bonchev–Trinajstić information content (AvgIpc) is 3.27. The predicted octanol–water partition coefficient (Wildman–Crippen LogP) is 1.08. The maximum absolute atomic E-state index is 12.5. The highest BCUT2D eigenvalue weighted by molar-refractivity contribution is 5.77. The van der Waals surface area contributed by atoms with E-state index in [1.807, 2.05) is 12.1 Å². The molecule has 0 aliphatic rings. The number of fused-ring (bicyclic) bond motifs is 1. The molecule has 1 amide bonds. The van der Waals surface area contributed by atoms with E-state index in [0.717, 1.165) is 5.56 Å². The summed E-state index contributed by atoms with van der Waals surface area (Å²) in [5.41, 5.74) is 1.30. The van der Waals surface area contributed by atoms with Crippen LogP contribution in [0.3, 0.4) is 0 Å². The van der Waals surface area contributed by atoms with Gasteiger partial charge in [0.2, 0.25) is 5.91 Å². The minimum Gasteiger partial charge on any atom is -0.352 e. The Hall–Kier alpha value is -3.88. The first-order valence-electron chi connectivity index (χ1n) is 8.72. The maximum atomic E-state index is 12.5. The molecular formula is C19H17N7O2. The van der Waals surface area contributed by atoms with Gasteiger partial charge in [-0.05, 0) is 18.2 Å². The van der Waals surface area contributed by atoms with Crippen LogP contribution < -0.4 is 10.9 Å². The van der Waals surface area contributed by atoms with Crippen molar-refractivity contribution in [3.63, 3.8) is 0 Å². The maximum Gasteiger partial charge on any atom is 0.261 e. The number of hydrogen-bond acceptors (Lipinski definition) is 6. The van der Waals surface area contributed by atoms with Gasteiger partial charge in [0, 0.05) is 31.3 Å². The van der Waals surface area contributed by atoms with E-state index < -0.39 is 0 Å². The minimum atomic E-state index is -0.173. The topological polar surface area (TPSA) is 108 Å². The average molecular weight is 375 g/mol. The summed E-state index contributed by atoms with van der Waals surface area (Å²) >= 11 is 0. The molecule has 0 radical (unpaired) electrons. The third-order valence-electron chi connectivity index (χ3n) is 4.29. The van der Waals surface area contributed by atoms with Crippen LogP contribution >= 0.6 is 0 Å². The van der Waals surface area contributed by atoms with E-state index in [4.69, 9.17) is 0 Å². The first-order chi connectivity index (χ1) is 13.7. The molecule has 4 rings (SSSR count). The van der Waals surface area contributed by atoms with Gasteiger partial charge in [0.1, 0.15) is 12.7 Å². The quantitative estimate of drug-likeness (QED) is 0.540. The van der Waals surface area contributed by atoms with Gasteiger partial charge in [-0.3, -0.25) is 14.2 Å². The van der Waals surface area contributed by atoms with Gasteiger partial charge in [-0.1, -0.05) is 18.2 Å². The summed E-state index contributed by atoms with van der Waals surface area (Å²) in [5, 5.41) is 7.46. The molecule has 0 aliphatic carbocycles. The Morgan fingerprint density at radius 2 is 1.96 bits per heavy atom. The molecule has 0 atom stereocenters. The van der Waals surface area contributed by atoms with E-state index in [1.165, 1.54) is 17.2 Å². The van der Waals surface area contributed by atoms with Crippen molar-refractivity contribution in [2.75, 3.05) is 0 Å². The Morgan fingerprint density at radius 3 is 2.82 bits per heavy atom. The van der Waals surface area contributed by atoms with Gasteiger partial charge < -0.3 is 5.32 Å². The summed E-state index contributed by atoms with van der Waals surface area (Å²) in [6, 6.07) is 10.8. The van der Waals surface area contributed by atoms with Gasteiger partial charge in [0.15, 0.2) is 5.82 Å². The third-order valence-corrected chi connectivity index (χ3v) is 4.29. The number of pyridine rings is 1. The van der Waals surface area contributed by atoms with Gasteiger partial charge in [0.05, 0.1) is 17.2 Å². The molecule has 0 saturated heterocycles.